The first-order valence-electron chi connectivity index (χ1n) is 10.1. The number of rotatable bonds is 3. The van der Waals surface area contributed by atoms with Gasteiger partial charge >= 0.3 is 6.09 Å². The normalized spacial score (nSPS) is 23.1. The number of amides is 1. The predicted octanol–water partition coefficient (Wildman–Crippen LogP) is 3.86. The number of piperazine rings is 1. The first-order valence-corrected chi connectivity index (χ1v) is 10.1. The van der Waals surface area contributed by atoms with Crippen molar-refractivity contribution in [3.63, 3.8) is 0 Å². The molecule has 0 aromatic carbocycles. The highest BCUT2D eigenvalue weighted by molar-refractivity contribution is 5.68. The molecule has 26 heavy (non-hydrogen) atoms. The second-order valence-corrected chi connectivity index (χ2v) is 9.96. The molecular weight excluding hydrogens is 326 g/mol. The van der Waals surface area contributed by atoms with Crippen LogP contribution in [0.25, 0.3) is 0 Å². The van der Waals surface area contributed by atoms with Crippen LogP contribution in [0.1, 0.15) is 60.8 Å². The van der Waals surface area contributed by atoms with Crippen LogP contribution in [-0.2, 0) is 4.74 Å². The van der Waals surface area contributed by atoms with E-state index in [9.17, 15) is 4.79 Å². The number of likely N-dealkylation sites (tertiary alicyclic amines) is 1. The number of hydrogen-bond acceptors (Lipinski definition) is 4. The van der Waals surface area contributed by atoms with Crippen molar-refractivity contribution < 1.29 is 9.53 Å². The molecule has 1 atom stereocenters. The van der Waals surface area contributed by atoms with E-state index >= 15 is 0 Å². The number of ether oxygens (including phenoxy) is 1. The van der Waals surface area contributed by atoms with E-state index < -0.39 is 5.60 Å². The fraction of sp³-hybridized carbons (Fsp3) is 0.857. The molecule has 0 unspecified atom stereocenters. The Bertz CT molecular complexity index is 496. The van der Waals surface area contributed by atoms with Crippen LogP contribution >= 0.6 is 0 Å². The lowest BCUT2D eigenvalue weighted by Gasteiger charge is -2.46. The Balaban J connectivity index is 1.85. The summed E-state index contributed by atoms with van der Waals surface area (Å²) in [4.78, 5) is 16.6. The van der Waals surface area contributed by atoms with Crippen LogP contribution in [0.4, 0.5) is 4.79 Å². The van der Waals surface area contributed by atoms with Gasteiger partial charge in [0, 0.05) is 44.5 Å². The summed E-state index contributed by atoms with van der Waals surface area (Å²) < 4.78 is 5.49. The van der Waals surface area contributed by atoms with Gasteiger partial charge in [0.25, 0.3) is 0 Å². The Hall–Kier alpha value is -1.23. The molecule has 2 heterocycles. The number of piperidine rings is 1. The number of carbonyl (C=O) groups excluding carboxylic acids is 1. The van der Waals surface area contributed by atoms with Gasteiger partial charge < -0.3 is 19.9 Å². The molecule has 2 aliphatic rings. The Morgan fingerprint density at radius 1 is 1.12 bits per heavy atom. The smallest absolute Gasteiger partial charge is 0.410 e. The number of nitrogens with zero attached hydrogens (tertiary/aromatic N) is 2. The van der Waals surface area contributed by atoms with Gasteiger partial charge in [0.05, 0.1) is 0 Å². The summed E-state index contributed by atoms with van der Waals surface area (Å²) in [5, 5.41) is 3.53. The lowest BCUT2D eigenvalue weighted by atomic mass is 9.83. The van der Waals surface area contributed by atoms with Gasteiger partial charge in [0.1, 0.15) is 5.60 Å². The van der Waals surface area contributed by atoms with Gasteiger partial charge in [-0.05, 0) is 51.4 Å². The van der Waals surface area contributed by atoms with E-state index in [1.54, 1.807) is 0 Å². The quantitative estimate of drug-likeness (QED) is 0.825. The van der Waals surface area contributed by atoms with E-state index in [1.165, 1.54) is 5.70 Å². The van der Waals surface area contributed by atoms with Crippen molar-refractivity contribution in [3.8, 4) is 0 Å². The van der Waals surface area contributed by atoms with Crippen molar-refractivity contribution >= 4 is 6.09 Å². The molecule has 0 spiro atoms. The summed E-state index contributed by atoms with van der Waals surface area (Å²) in [5.74, 6) is 0.608. The molecule has 0 bridgehead atoms. The molecular formula is C21H39N3O2. The van der Waals surface area contributed by atoms with E-state index in [1.807, 2.05) is 25.7 Å². The van der Waals surface area contributed by atoms with E-state index in [2.05, 4.69) is 37.6 Å². The van der Waals surface area contributed by atoms with E-state index in [0.29, 0.717) is 12.0 Å². The molecule has 0 aromatic rings. The van der Waals surface area contributed by atoms with Gasteiger partial charge in [-0.2, -0.15) is 0 Å². The summed E-state index contributed by atoms with van der Waals surface area (Å²) in [6.45, 7) is 21.8. The van der Waals surface area contributed by atoms with Crippen LogP contribution in [-0.4, -0.2) is 60.3 Å². The minimum absolute atomic E-state index is 0.176. The third kappa shape index (κ3) is 5.90. The highest BCUT2D eigenvalue weighted by Gasteiger charge is 2.34. The summed E-state index contributed by atoms with van der Waals surface area (Å²) in [6, 6.07) is 0.491. The van der Waals surface area contributed by atoms with Gasteiger partial charge in [-0.1, -0.05) is 27.4 Å². The van der Waals surface area contributed by atoms with Crippen LogP contribution in [0.3, 0.4) is 0 Å². The van der Waals surface area contributed by atoms with Crippen LogP contribution in [0, 0.1) is 11.3 Å². The lowest BCUT2D eigenvalue weighted by Crippen LogP contribution is -2.56. The van der Waals surface area contributed by atoms with Crippen molar-refractivity contribution in [2.24, 2.45) is 11.3 Å². The van der Waals surface area contributed by atoms with Gasteiger partial charge in [0.15, 0.2) is 0 Å². The number of carbonyl (C=O) groups is 1. The molecule has 2 fully saturated rings. The lowest BCUT2D eigenvalue weighted by molar-refractivity contribution is 0.0178. The van der Waals surface area contributed by atoms with Crippen LogP contribution in [0.15, 0.2) is 12.3 Å². The first-order chi connectivity index (χ1) is 12.0. The summed E-state index contributed by atoms with van der Waals surface area (Å²) in [7, 11) is 0. The Kier molecular flexibility index (Phi) is 6.65. The third-order valence-corrected chi connectivity index (χ3v) is 5.44. The molecule has 2 rings (SSSR count). The molecule has 1 amide bonds. The zero-order valence-electron chi connectivity index (χ0n) is 17.7. The van der Waals surface area contributed by atoms with Gasteiger partial charge in [-0.15, -0.1) is 0 Å². The van der Waals surface area contributed by atoms with Crippen LogP contribution < -0.4 is 5.32 Å². The minimum Gasteiger partial charge on any atom is -0.444 e. The monoisotopic (exact) mass is 365 g/mol. The molecule has 5 nitrogen and oxygen atoms in total. The van der Waals surface area contributed by atoms with Crippen molar-refractivity contribution in [1.29, 1.82) is 0 Å². The highest BCUT2D eigenvalue weighted by atomic mass is 16.6. The third-order valence-electron chi connectivity index (χ3n) is 5.44. The topological polar surface area (TPSA) is 44.8 Å². The van der Waals surface area contributed by atoms with Gasteiger partial charge in [-0.25, -0.2) is 4.79 Å². The van der Waals surface area contributed by atoms with E-state index in [4.69, 9.17) is 4.74 Å². The zero-order valence-corrected chi connectivity index (χ0v) is 17.7. The molecule has 0 aliphatic carbocycles. The largest absolute Gasteiger partial charge is 0.444 e. The summed E-state index contributed by atoms with van der Waals surface area (Å²) >= 11 is 0. The van der Waals surface area contributed by atoms with E-state index in [-0.39, 0.29) is 11.5 Å². The first kappa shape index (κ1) is 21.1. The second-order valence-electron chi connectivity index (χ2n) is 9.96. The fourth-order valence-electron chi connectivity index (χ4n) is 3.95. The number of allylic oxidation sites excluding steroid dienone is 1. The van der Waals surface area contributed by atoms with E-state index in [0.717, 1.165) is 52.0 Å². The predicted molar refractivity (Wildman–Crippen MR) is 107 cm³/mol. The minimum atomic E-state index is -0.424. The average molecular weight is 366 g/mol. The van der Waals surface area contributed by atoms with Gasteiger partial charge in [-0.3, -0.25) is 0 Å². The Morgan fingerprint density at radius 2 is 1.73 bits per heavy atom. The molecule has 0 saturated carbocycles. The van der Waals surface area contributed by atoms with Crippen molar-refractivity contribution in [2.75, 3.05) is 32.7 Å². The maximum Gasteiger partial charge on any atom is 0.410 e. The highest BCUT2D eigenvalue weighted by Crippen LogP contribution is 2.32. The van der Waals surface area contributed by atoms with Gasteiger partial charge in [0.2, 0.25) is 0 Å². The molecule has 2 saturated heterocycles. The summed E-state index contributed by atoms with van der Waals surface area (Å²) in [6.07, 6.45) is 2.92. The Labute approximate surface area is 160 Å². The van der Waals surface area contributed by atoms with Crippen molar-refractivity contribution in [3.05, 3.63) is 12.3 Å². The van der Waals surface area contributed by atoms with Crippen molar-refractivity contribution in [2.45, 2.75) is 72.4 Å². The number of hydrogen-bond donors (Lipinski definition) is 1. The van der Waals surface area contributed by atoms with Crippen LogP contribution in [0.5, 0.6) is 0 Å². The Morgan fingerprint density at radius 3 is 2.27 bits per heavy atom. The van der Waals surface area contributed by atoms with Crippen LogP contribution in [0.2, 0.25) is 0 Å². The molecule has 1 N–H and O–H groups in total. The summed E-state index contributed by atoms with van der Waals surface area (Å²) in [5.41, 5.74) is 1.07. The second kappa shape index (κ2) is 8.20. The molecule has 2 aliphatic heterocycles. The average Bonchev–Trinajstić information content (AvgIpc) is 2.53. The number of nitrogens with one attached hydrogen (secondary N) is 1. The molecule has 150 valence electrons. The fourth-order valence-corrected chi connectivity index (χ4v) is 3.95. The molecule has 0 aromatic heterocycles. The molecule has 0 radical (unpaired) electrons. The standard InChI is InChI=1S/C21H39N3O2/c1-16(24-13-10-22-15-18(24)20(2,3)4)14-17-8-11-23(12-9-17)19(25)26-21(5,6)7/h17-18,22H,1,8-15H2,2-7H3/t18-/m1/s1. The zero-order chi connectivity index (χ0) is 19.5. The van der Waals surface area contributed by atoms with Crippen molar-refractivity contribution in [1.82, 2.24) is 15.1 Å². The molecule has 5 heteroatoms. The SMILES string of the molecule is C=C(CC1CCN(C(=O)OC(C)(C)C)CC1)N1CCNC[C@@H]1C(C)(C)C. The maximum absolute atomic E-state index is 12.2. The maximum atomic E-state index is 12.2.